The van der Waals surface area contributed by atoms with Gasteiger partial charge in [-0.3, -0.25) is 9.78 Å². The van der Waals surface area contributed by atoms with E-state index in [1.54, 1.807) is 24.3 Å². The SMILES string of the molecule is CN(C(=O)CCS)c1sc(-c2cccnc2)nc1-c1ccccc1. The third-order valence-electron chi connectivity index (χ3n) is 3.57. The molecule has 2 aromatic heterocycles. The Labute approximate surface area is 150 Å². The molecule has 0 atom stereocenters. The molecular weight excluding hydrogens is 338 g/mol. The average Bonchev–Trinajstić information content (AvgIpc) is 3.08. The summed E-state index contributed by atoms with van der Waals surface area (Å²) >= 11 is 5.66. The van der Waals surface area contributed by atoms with Crippen molar-refractivity contribution >= 4 is 34.9 Å². The lowest BCUT2D eigenvalue weighted by molar-refractivity contribution is -0.117. The van der Waals surface area contributed by atoms with Crippen LogP contribution >= 0.6 is 24.0 Å². The van der Waals surface area contributed by atoms with E-state index in [1.165, 1.54) is 11.3 Å². The number of carbonyl (C=O) groups excluding carboxylic acids is 1. The van der Waals surface area contributed by atoms with Gasteiger partial charge in [-0.2, -0.15) is 12.6 Å². The third kappa shape index (κ3) is 3.49. The Bertz CT molecular complexity index is 819. The van der Waals surface area contributed by atoms with Crippen molar-refractivity contribution < 1.29 is 4.79 Å². The van der Waals surface area contributed by atoms with Crippen LogP contribution in [0.4, 0.5) is 5.00 Å². The predicted octanol–water partition coefficient (Wildman–Crippen LogP) is 4.15. The Balaban J connectivity index is 2.08. The molecule has 1 aromatic carbocycles. The van der Waals surface area contributed by atoms with Crippen LogP contribution in [-0.4, -0.2) is 28.7 Å². The number of nitrogens with zero attached hydrogens (tertiary/aromatic N) is 3. The van der Waals surface area contributed by atoms with Gasteiger partial charge < -0.3 is 4.90 Å². The second-order valence-corrected chi connectivity index (χ2v) is 6.63. The molecule has 0 aliphatic rings. The Morgan fingerprint density at radius 3 is 2.58 bits per heavy atom. The van der Waals surface area contributed by atoms with E-state index in [9.17, 15) is 4.79 Å². The number of aromatic nitrogens is 2. The largest absolute Gasteiger partial charge is 0.305 e. The van der Waals surface area contributed by atoms with E-state index in [1.807, 2.05) is 42.5 Å². The second kappa shape index (κ2) is 7.59. The van der Waals surface area contributed by atoms with Crippen LogP contribution in [0.15, 0.2) is 54.9 Å². The van der Waals surface area contributed by atoms with Crippen LogP contribution in [0.1, 0.15) is 6.42 Å². The van der Waals surface area contributed by atoms with Crippen LogP contribution in [0.2, 0.25) is 0 Å². The van der Waals surface area contributed by atoms with Crippen molar-refractivity contribution in [2.75, 3.05) is 17.7 Å². The molecule has 3 rings (SSSR count). The monoisotopic (exact) mass is 355 g/mol. The molecule has 0 spiro atoms. The molecule has 0 radical (unpaired) electrons. The van der Waals surface area contributed by atoms with Crippen molar-refractivity contribution in [3.05, 3.63) is 54.9 Å². The summed E-state index contributed by atoms with van der Waals surface area (Å²) < 4.78 is 0. The molecule has 4 nitrogen and oxygen atoms in total. The third-order valence-corrected chi connectivity index (χ3v) is 4.97. The fourth-order valence-corrected chi connectivity index (χ4v) is 3.56. The summed E-state index contributed by atoms with van der Waals surface area (Å²) in [5.41, 5.74) is 2.75. The molecule has 1 amide bonds. The van der Waals surface area contributed by atoms with Gasteiger partial charge in [0.15, 0.2) is 0 Å². The lowest BCUT2D eigenvalue weighted by atomic mass is 10.1. The van der Waals surface area contributed by atoms with E-state index < -0.39 is 0 Å². The molecular formula is C18H17N3OS2. The zero-order valence-electron chi connectivity index (χ0n) is 13.2. The smallest absolute Gasteiger partial charge is 0.228 e. The number of carbonyl (C=O) groups is 1. The van der Waals surface area contributed by atoms with Crippen molar-refractivity contribution in [1.29, 1.82) is 0 Å². The summed E-state index contributed by atoms with van der Waals surface area (Å²) in [5, 5.41) is 1.69. The van der Waals surface area contributed by atoms with Gasteiger partial charge in [-0.25, -0.2) is 4.98 Å². The predicted molar refractivity (Wildman–Crippen MR) is 103 cm³/mol. The second-order valence-electron chi connectivity index (χ2n) is 5.21. The Hall–Kier alpha value is -2.18. The number of benzene rings is 1. The molecule has 0 fully saturated rings. The van der Waals surface area contributed by atoms with Crippen LogP contribution in [0, 0.1) is 0 Å². The number of pyridine rings is 1. The first-order valence-electron chi connectivity index (χ1n) is 7.54. The van der Waals surface area contributed by atoms with E-state index in [4.69, 9.17) is 4.98 Å². The van der Waals surface area contributed by atoms with Crippen molar-refractivity contribution in [3.8, 4) is 21.8 Å². The molecule has 0 bridgehead atoms. The van der Waals surface area contributed by atoms with E-state index in [-0.39, 0.29) is 5.91 Å². The Kier molecular flexibility index (Phi) is 5.27. The van der Waals surface area contributed by atoms with Crippen molar-refractivity contribution in [3.63, 3.8) is 0 Å². The van der Waals surface area contributed by atoms with Crippen molar-refractivity contribution in [1.82, 2.24) is 9.97 Å². The molecule has 0 saturated heterocycles. The first kappa shape index (κ1) is 16.7. The molecule has 122 valence electrons. The highest BCUT2D eigenvalue weighted by Gasteiger charge is 2.21. The highest BCUT2D eigenvalue weighted by molar-refractivity contribution is 7.80. The van der Waals surface area contributed by atoms with E-state index >= 15 is 0 Å². The lowest BCUT2D eigenvalue weighted by Crippen LogP contribution is -2.25. The summed E-state index contributed by atoms with van der Waals surface area (Å²) in [4.78, 5) is 22.9. The van der Waals surface area contributed by atoms with E-state index in [0.29, 0.717) is 12.2 Å². The Morgan fingerprint density at radius 2 is 1.92 bits per heavy atom. The maximum absolute atomic E-state index is 12.3. The number of anilines is 1. The first-order valence-corrected chi connectivity index (χ1v) is 8.99. The number of thiol groups is 1. The van der Waals surface area contributed by atoms with Gasteiger partial charge in [0, 0.05) is 37.0 Å². The zero-order valence-corrected chi connectivity index (χ0v) is 14.9. The van der Waals surface area contributed by atoms with E-state index in [2.05, 4.69) is 17.6 Å². The van der Waals surface area contributed by atoms with Gasteiger partial charge in [0.1, 0.15) is 15.7 Å². The van der Waals surface area contributed by atoms with Gasteiger partial charge in [0.2, 0.25) is 5.91 Å². The first-order chi connectivity index (χ1) is 11.7. The highest BCUT2D eigenvalue weighted by atomic mass is 32.1. The van der Waals surface area contributed by atoms with Gasteiger partial charge in [-0.1, -0.05) is 41.7 Å². The summed E-state index contributed by atoms with van der Waals surface area (Å²) in [7, 11) is 1.79. The number of hydrogen-bond donors (Lipinski definition) is 1. The number of hydrogen-bond acceptors (Lipinski definition) is 5. The van der Waals surface area contributed by atoms with Crippen LogP contribution in [0.25, 0.3) is 21.8 Å². The average molecular weight is 355 g/mol. The Morgan fingerprint density at radius 1 is 1.17 bits per heavy atom. The summed E-state index contributed by atoms with van der Waals surface area (Å²) in [6.45, 7) is 0. The maximum Gasteiger partial charge on any atom is 0.228 e. The van der Waals surface area contributed by atoms with E-state index in [0.717, 1.165) is 26.8 Å². The molecule has 0 unspecified atom stereocenters. The summed E-state index contributed by atoms with van der Waals surface area (Å²) in [6.07, 6.45) is 3.92. The minimum absolute atomic E-state index is 0.0311. The van der Waals surface area contributed by atoms with Crippen LogP contribution < -0.4 is 4.90 Å². The number of amides is 1. The van der Waals surface area contributed by atoms with Gasteiger partial charge in [-0.05, 0) is 17.9 Å². The topological polar surface area (TPSA) is 46.1 Å². The fraction of sp³-hybridized carbons (Fsp3) is 0.167. The number of rotatable bonds is 5. The molecule has 6 heteroatoms. The zero-order chi connectivity index (χ0) is 16.9. The van der Waals surface area contributed by atoms with Gasteiger partial charge in [0.25, 0.3) is 0 Å². The fourth-order valence-electron chi connectivity index (χ4n) is 2.31. The highest BCUT2D eigenvalue weighted by Crippen LogP contribution is 2.39. The minimum atomic E-state index is 0.0311. The molecule has 0 aliphatic heterocycles. The van der Waals surface area contributed by atoms with Gasteiger partial charge >= 0.3 is 0 Å². The van der Waals surface area contributed by atoms with Gasteiger partial charge in [-0.15, -0.1) is 0 Å². The summed E-state index contributed by atoms with van der Waals surface area (Å²) in [5.74, 6) is 0.557. The number of thiazole rings is 1. The molecule has 3 aromatic rings. The van der Waals surface area contributed by atoms with Gasteiger partial charge in [0.05, 0.1) is 0 Å². The van der Waals surface area contributed by atoms with Crippen LogP contribution in [0.5, 0.6) is 0 Å². The molecule has 24 heavy (non-hydrogen) atoms. The van der Waals surface area contributed by atoms with Crippen molar-refractivity contribution in [2.24, 2.45) is 0 Å². The van der Waals surface area contributed by atoms with Crippen LogP contribution in [0.3, 0.4) is 0 Å². The maximum atomic E-state index is 12.3. The molecule has 0 N–H and O–H groups in total. The standard InChI is InChI=1S/C18H17N3OS2/c1-21(15(22)9-11-23)18-16(13-6-3-2-4-7-13)20-17(24-18)14-8-5-10-19-12-14/h2-8,10,12,23H,9,11H2,1H3. The minimum Gasteiger partial charge on any atom is -0.305 e. The normalized spacial score (nSPS) is 10.6. The van der Waals surface area contributed by atoms with Crippen LogP contribution in [-0.2, 0) is 4.79 Å². The van der Waals surface area contributed by atoms with Crippen molar-refractivity contribution in [2.45, 2.75) is 6.42 Å². The molecule has 2 heterocycles. The summed E-state index contributed by atoms with van der Waals surface area (Å²) in [6, 6.07) is 13.8. The lowest BCUT2D eigenvalue weighted by Gasteiger charge is -2.16. The quantitative estimate of drug-likeness (QED) is 0.699. The molecule has 0 saturated carbocycles. The molecule has 0 aliphatic carbocycles.